The largest absolute Gasteiger partial charge is 0.314 e. The first-order chi connectivity index (χ1) is 15.9. The summed E-state index contributed by atoms with van der Waals surface area (Å²) in [6, 6.07) is 19.5. The minimum atomic E-state index is -0.231. The Morgan fingerprint density at radius 2 is 1.82 bits per heavy atom. The van der Waals surface area contributed by atoms with Crippen LogP contribution in [0.3, 0.4) is 0 Å². The van der Waals surface area contributed by atoms with Crippen LogP contribution in [-0.4, -0.2) is 27.5 Å². The van der Waals surface area contributed by atoms with E-state index < -0.39 is 0 Å². The molecule has 7 heteroatoms. The first kappa shape index (κ1) is 21.0. The lowest BCUT2D eigenvalue weighted by Gasteiger charge is -2.17. The van der Waals surface area contributed by atoms with Crippen molar-refractivity contribution in [2.24, 2.45) is 0 Å². The van der Waals surface area contributed by atoms with Gasteiger partial charge in [-0.2, -0.15) is 0 Å². The summed E-state index contributed by atoms with van der Waals surface area (Å²) < 4.78 is 1.87. The molecule has 0 aliphatic rings. The Bertz CT molecular complexity index is 1570. The van der Waals surface area contributed by atoms with Gasteiger partial charge in [0.2, 0.25) is 5.91 Å². The number of likely N-dealkylation sites (N-methyl/N-ethyl adjacent to an activating group) is 1. The standard InChI is InChI=1S/C26H22N4O2S/c1-16-9-10-18(13-17(16)2)21-12-11-20-23-24(33-25(20)28-21)26(32)30(15-27-23)14-22(31)29(3)19-7-5-4-6-8-19/h4-13,15H,14H2,1-3H3. The van der Waals surface area contributed by atoms with Gasteiger partial charge in [0.25, 0.3) is 5.56 Å². The molecular formula is C26H22N4O2S. The SMILES string of the molecule is Cc1ccc(-c2ccc3c(n2)sc2c(=O)n(CC(=O)N(C)c4ccccc4)cnc23)cc1C. The van der Waals surface area contributed by atoms with E-state index in [-0.39, 0.29) is 18.0 Å². The fraction of sp³-hybridized carbons (Fsp3) is 0.154. The van der Waals surface area contributed by atoms with Gasteiger partial charge in [0, 0.05) is 23.7 Å². The molecule has 1 amide bonds. The first-order valence-electron chi connectivity index (χ1n) is 10.6. The van der Waals surface area contributed by atoms with Gasteiger partial charge < -0.3 is 4.90 Å². The van der Waals surface area contributed by atoms with Gasteiger partial charge in [-0.15, -0.1) is 11.3 Å². The van der Waals surface area contributed by atoms with E-state index in [2.05, 4.69) is 37.0 Å². The predicted octanol–water partition coefficient (Wildman–Crippen LogP) is 4.95. The van der Waals surface area contributed by atoms with Crippen molar-refractivity contribution in [3.8, 4) is 11.3 Å². The van der Waals surface area contributed by atoms with Crippen molar-refractivity contribution in [2.75, 3.05) is 11.9 Å². The van der Waals surface area contributed by atoms with Crippen LogP contribution in [0.4, 0.5) is 5.69 Å². The second-order valence-corrected chi connectivity index (χ2v) is 9.09. The number of thiophene rings is 1. The highest BCUT2D eigenvalue weighted by Gasteiger charge is 2.17. The summed E-state index contributed by atoms with van der Waals surface area (Å²) in [5.74, 6) is -0.194. The molecule has 0 saturated heterocycles. The van der Waals surface area contributed by atoms with Gasteiger partial charge in [-0.3, -0.25) is 14.2 Å². The number of benzene rings is 2. The van der Waals surface area contributed by atoms with E-state index in [1.54, 1.807) is 11.9 Å². The maximum absolute atomic E-state index is 13.2. The summed E-state index contributed by atoms with van der Waals surface area (Å²) in [5, 5.41) is 0.847. The minimum absolute atomic E-state index is 0.0806. The third kappa shape index (κ3) is 3.81. The fourth-order valence-corrected chi connectivity index (χ4v) is 4.85. The minimum Gasteiger partial charge on any atom is -0.314 e. The fourth-order valence-electron chi connectivity index (χ4n) is 3.77. The average Bonchev–Trinajstić information content (AvgIpc) is 3.21. The number of aryl methyl sites for hydroxylation is 2. The van der Waals surface area contributed by atoms with Gasteiger partial charge >= 0.3 is 0 Å². The number of aromatic nitrogens is 3. The summed E-state index contributed by atoms with van der Waals surface area (Å²) in [6.07, 6.45) is 1.45. The number of hydrogen-bond donors (Lipinski definition) is 0. The number of hydrogen-bond acceptors (Lipinski definition) is 5. The monoisotopic (exact) mass is 454 g/mol. The molecule has 0 unspecified atom stereocenters. The number of fused-ring (bicyclic) bond motifs is 3. The summed E-state index contributed by atoms with van der Waals surface area (Å²) in [4.78, 5) is 37.5. The number of pyridine rings is 1. The summed E-state index contributed by atoms with van der Waals surface area (Å²) >= 11 is 1.32. The number of carbonyl (C=O) groups is 1. The van der Waals surface area contributed by atoms with Gasteiger partial charge in [-0.1, -0.05) is 30.3 Å². The first-order valence-corrected chi connectivity index (χ1v) is 11.4. The number of anilines is 1. The Hall–Kier alpha value is -3.84. The lowest BCUT2D eigenvalue weighted by atomic mass is 10.0. The Morgan fingerprint density at radius 1 is 1.03 bits per heavy atom. The molecule has 164 valence electrons. The predicted molar refractivity (Wildman–Crippen MR) is 134 cm³/mol. The highest BCUT2D eigenvalue weighted by Crippen LogP contribution is 2.31. The van der Waals surface area contributed by atoms with Gasteiger partial charge in [0.1, 0.15) is 16.1 Å². The molecule has 0 aliphatic carbocycles. The lowest BCUT2D eigenvalue weighted by Crippen LogP contribution is -2.33. The zero-order chi connectivity index (χ0) is 23.1. The second kappa shape index (κ2) is 8.26. The molecule has 0 spiro atoms. The second-order valence-electron chi connectivity index (χ2n) is 8.09. The van der Waals surface area contributed by atoms with E-state index in [1.165, 1.54) is 33.4 Å². The Labute approximate surface area is 194 Å². The topological polar surface area (TPSA) is 68.1 Å². The molecule has 0 N–H and O–H groups in total. The third-order valence-electron chi connectivity index (χ3n) is 5.94. The molecule has 6 nitrogen and oxygen atoms in total. The molecule has 3 heterocycles. The smallest absolute Gasteiger partial charge is 0.271 e. The summed E-state index contributed by atoms with van der Waals surface area (Å²) in [6.45, 7) is 4.09. The van der Waals surface area contributed by atoms with Crippen molar-refractivity contribution in [2.45, 2.75) is 20.4 Å². The molecule has 0 fully saturated rings. The van der Waals surface area contributed by atoms with Crippen LogP contribution in [0.2, 0.25) is 0 Å². The highest BCUT2D eigenvalue weighted by atomic mass is 32.1. The van der Waals surface area contributed by atoms with Crippen molar-refractivity contribution >= 4 is 43.4 Å². The molecule has 0 aliphatic heterocycles. The number of para-hydroxylation sites is 1. The number of carbonyl (C=O) groups excluding carboxylic acids is 1. The van der Waals surface area contributed by atoms with Crippen LogP contribution in [0.5, 0.6) is 0 Å². The molecule has 5 rings (SSSR count). The van der Waals surface area contributed by atoms with Gasteiger partial charge in [0.05, 0.1) is 17.5 Å². The zero-order valence-corrected chi connectivity index (χ0v) is 19.4. The van der Waals surface area contributed by atoms with Gasteiger partial charge in [-0.25, -0.2) is 9.97 Å². The van der Waals surface area contributed by atoms with E-state index in [1.807, 2.05) is 42.5 Å². The normalized spacial score (nSPS) is 11.2. The molecule has 0 radical (unpaired) electrons. The molecule has 3 aromatic heterocycles. The lowest BCUT2D eigenvalue weighted by molar-refractivity contribution is -0.118. The van der Waals surface area contributed by atoms with E-state index in [4.69, 9.17) is 4.98 Å². The zero-order valence-electron chi connectivity index (χ0n) is 18.6. The molecular weight excluding hydrogens is 432 g/mol. The molecule has 2 aromatic carbocycles. The molecule has 0 saturated carbocycles. The van der Waals surface area contributed by atoms with Crippen LogP contribution in [0, 0.1) is 13.8 Å². The average molecular weight is 455 g/mol. The number of rotatable bonds is 4. The van der Waals surface area contributed by atoms with E-state index >= 15 is 0 Å². The maximum Gasteiger partial charge on any atom is 0.271 e. The summed E-state index contributed by atoms with van der Waals surface area (Å²) in [7, 11) is 1.70. The van der Waals surface area contributed by atoms with Crippen molar-refractivity contribution in [1.82, 2.24) is 14.5 Å². The van der Waals surface area contributed by atoms with Crippen LogP contribution in [-0.2, 0) is 11.3 Å². The van der Waals surface area contributed by atoms with Crippen molar-refractivity contribution < 1.29 is 4.79 Å². The molecule has 0 bridgehead atoms. The van der Waals surface area contributed by atoms with Crippen molar-refractivity contribution in [3.05, 3.63) is 88.5 Å². The van der Waals surface area contributed by atoms with Crippen molar-refractivity contribution in [1.29, 1.82) is 0 Å². The molecule has 0 atom stereocenters. The van der Waals surface area contributed by atoms with Crippen LogP contribution < -0.4 is 10.5 Å². The van der Waals surface area contributed by atoms with Crippen LogP contribution in [0.15, 0.2) is 71.8 Å². The van der Waals surface area contributed by atoms with Crippen molar-refractivity contribution in [3.63, 3.8) is 0 Å². The van der Waals surface area contributed by atoms with Crippen LogP contribution in [0.25, 0.3) is 31.7 Å². The van der Waals surface area contributed by atoms with E-state index in [0.29, 0.717) is 10.2 Å². The van der Waals surface area contributed by atoms with Gasteiger partial charge in [-0.05, 0) is 55.3 Å². The van der Waals surface area contributed by atoms with E-state index in [9.17, 15) is 9.59 Å². The maximum atomic E-state index is 13.2. The van der Waals surface area contributed by atoms with Crippen LogP contribution >= 0.6 is 11.3 Å². The molecule has 33 heavy (non-hydrogen) atoms. The number of amides is 1. The van der Waals surface area contributed by atoms with Crippen LogP contribution in [0.1, 0.15) is 11.1 Å². The van der Waals surface area contributed by atoms with Gasteiger partial charge in [0.15, 0.2) is 0 Å². The third-order valence-corrected chi connectivity index (χ3v) is 7.01. The highest BCUT2D eigenvalue weighted by molar-refractivity contribution is 7.25. The molecule has 5 aromatic rings. The van der Waals surface area contributed by atoms with E-state index in [0.717, 1.165) is 27.2 Å². The summed E-state index contributed by atoms with van der Waals surface area (Å²) in [5.41, 5.74) is 5.51. The Balaban J connectivity index is 1.51. The Morgan fingerprint density at radius 3 is 2.58 bits per heavy atom. The number of nitrogens with zero attached hydrogens (tertiary/aromatic N) is 4. The quantitative estimate of drug-likeness (QED) is 0.385. The Kier molecular flexibility index (Phi) is 5.26.